The first-order valence-electron chi connectivity index (χ1n) is 6.14. The van der Waals surface area contributed by atoms with E-state index in [-0.39, 0.29) is 5.91 Å². The minimum absolute atomic E-state index is 0.0446. The zero-order valence-corrected chi connectivity index (χ0v) is 12.1. The third-order valence-electron chi connectivity index (χ3n) is 2.97. The Labute approximate surface area is 116 Å². The lowest BCUT2D eigenvalue weighted by Crippen LogP contribution is -2.46. The predicted octanol–water partition coefficient (Wildman–Crippen LogP) is 1.60. The van der Waals surface area contributed by atoms with Crippen LogP contribution in [0.5, 0.6) is 0 Å². The third kappa shape index (κ3) is 3.80. The lowest BCUT2D eigenvalue weighted by molar-refractivity contribution is -0.117. The smallest absolute Gasteiger partial charge is 0.238 e. The van der Waals surface area contributed by atoms with E-state index in [0.717, 1.165) is 41.9 Å². The molecule has 1 aromatic carbocycles. The number of rotatable bonds is 3. The summed E-state index contributed by atoms with van der Waals surface area (Å²) in [4.78, 5) is 14.1. The summed E-state index contributed by atoms with van der Waals surface area (Å²) in [7, 11) is 0. The predicted molar refractivity (Wildman–Crippen MR) is 76.8 cm³/mol. The molecule has 98 valence electrons. The molecule has 0 saturated carbocycles. The Bertz CT molecular complexity index is 430. The van der Waals surface area contributed by atoms with Crippen molar-refractivity contribution >= 4 is 27.5 Å². The molecule has 5 heteroatoms. The molecule has 2 N–H and O–H groups in total. The fourth-order valence-corrected chi connectivity index (χ4v) is 2.34. The fraction of sp³-hybridized carbons (Fsp3) is 0.462. The van der Waals surface area contributed by atoms with Crippen LogP contribution in [0.3, 0.4) is 0 Å². The van der Waals surface area contributed by atoms with Crippen LogP contribution in [0.25, 0.3) is 0 Å². The van der Waals surface area contributed by atoms with Crippen LogP contribution >= 0.6 is 15.9 Å². The van der Waals surface area contributed by atoms with Crippen LogP contribution < -0.4 is 10.6 Å². The number of amides is 1. The number of nitrogens with zero attached hydrogens (tertiary/aromatic N) is 1. The standard InChI is InChI=1S/C13H18BrN3O/c1-10-2-3-11(14)12(8-10)16-13(18)9-17-6-4-15-5-7-17/h2-3,8,15H,4-7,9H2,1H3,(H,16,18). The van der Waals surface area contributed by atoms with Gasteiger partial charge in [-0.05, 0) is 40.5 Å². The molecule has 0 aliphatic carbocycles. The van der Waals surface area contributed by atoms with Gasteiger partial charge in [-0.2, -0.15) is 0 Å². The van der Waals surface area contributed by atoms with E-state index >= 15 is 0 Å². The number of piperazine rings is 1. The number of nitrogens with one attached hydrogen (secondary N) is 2. The summed E-state index contributed by atoms with van der Waals surface area (Å²) in [5.74, 6) is 0.0446. The van der Waals surface area contributed by atoms with Gasteiger partial charge in [-0.1, -0.05) is 6.07 Å². The van der Waals surface area contributed by atoms with Crippen LogP contribution in [0.4, 0.5) is 5.69 Å². The lowest BCUT2D eigenvalue weighted by Gasteiger charge is -2.26. The van der Waals surface area contributed by atoms with Gasteiger partial charge >= 0.3 is 0 Å². The zero-order valence-electron chi connectivity index (χ0n) is 10.5. The highest BCUT2D eigenvalue weighted by Gasteiger charge is 2.14. The molecule has 0 unspecified atom stereocenters. The van der Waals surface area contributed by atoms with Crippen molar-refractivity contribution in [2.45, 2.75) is 6.92 Å². The molecular weight excluding hydrogens is 294 g/mol. The first-order chi connectivity index (χ1) is 8.65. The van der Waals surface area contributed by atoms with Gasteiger partial charge in [0.15, 0.2) is 0 Å². The monoisotopic (exact) mass is 311 g/mol. The minimum atomic E-state index is 0.0446. The van der Waals surface area contributed by atoms with E-state index in [1.54, 1.807) is 0 Å². The fourth-order valence-electron chi connectivity index (χ4n) is 2.00. The number of carbonyl (C=O) groups is 1. The van der Waals surface area contributed by atoms with Gasteiger partial charge in [0.2, 0.25) is 5.91 Å². The molecule has 1 aromatic rings. The lowest BCUT2D eigenvalue weighted by atomic mass is 10.2. The summed E-state index contributed by atoms with van der Waals surface area (Å²) in [5, 5.41) is 6.22. The van der Waals surface area contributed by atoms with Crippen LogP contribution in [-0.4, -0.2) is 43.5 Å². The summed E-state index contributed by atoms with van der Waals surface area (Å²) in [6, 6.07) is 5.94. The molecule has 18 heavy (non-hydrogen) atoms. The Hall–Kier alpha value is -0.910. The van der Waals surface area contributed by atoms with Crippen LogP contribution in [-0.2, 0) is 4.79 Å². The molecule has 1 aliphatic rings. The van der Waals surface area contributed by atoms with Gasteiger partial charge in [0, 0.05) is 30.7 Å². The number of benzene rings is 1. The van der Waals surface area contributed by atoms with Crippen molar-refractivity contribution in [1.82, 2.24) is 10.2 Å². The zero-order chi connectivity index (χ0) is 13.0. The van der Waals surface area contributed by atoms with E-state index < -0.39 is 0 Å². The minimum Gasteiger partial charge on any atom is -0.324 e. The van der Waals surface area contributed by atoms with Crippen LogP contribution in [0.15, 0.2) is 22.7 Å². The van der Waals surface area contributed by atoms with Crippen molar-refractivity contribution < 1.29 is 4.79 Å². The van der Waals surface area contributed by atoms with Crippen molar-refractivity contribution in [1.29, 1.82) is 0 Å². The van der Waals surface area contributed by atoms with Gasteiger partial charge in [-0.15, -0.1) is 0 Å². The van der Waals surface area contributed by atoms with E-state index in [1.165, 1.54) is 0 Å². The Morgan fingerprint density at radius 3 is 2.89 bits per heavy atom. The number of aryl methyl sites for hydroxylation is 1. The Morgan fingerprint density at radius 2 is 2.17 bits per heavy atom. The topological polar surface area (TPSA) is 44.4 Å². The van der Waals surface area contributed by atoms with Crippen molar-refractivity contribution in [2.75, 3.05) is 38.0 Å². The van der Waals surface area contributed by atoms with Crippen LogP contribution in [0, 0.1) is 6.92 Å². The van der Waals surface area contributed by atoms with E-state index in [9.17, 15) is 4.79 Å². The number of carbonyl (C=O) groups excluding carboxylic acids is 1. The molecule has 1 fully saturated rings. The first kappa shape index (κ1) is 13.5. The molecule has 1 amide bonds. The number of hydrogen-bond acceptors (Lipinski definition) is 3. The summed E-state index contributed by atoms with van der Waals surface area (Å²) in [6.45, 7) is 6.26. The molecule has 0 radical (unpaired) electrons. The Kier molecular flexibility index (Phi) is 4.74. The average molecular weight is 312 g/mol. The van der Waals surface area contributed by atoms with Gasteiger partial charge in [0.25, 0.3) is 0 Å². The van der Waals surface area contributed by atoms with E-state index in [1.807, 2.05) is 25.1 Å². The van der Waals surface area contributed by atoms with Gasteiger partial charge < -0.3 is 10.6 Å². The second-order valence-corrected chi connectivity index (χ2v) is 5.41. The number of anilines is 1. The van der Waals surface area contributed by atoms with Crippen molar-refractivity contribution in [3.8, 4) is 0 Å². The van der Waals surface area contributed by atoms with Gasteiger partial charge in [-0.3, -0.25) is 9.69 Å². The normalized spacial score (nSPS) is 16.6. The molecule has 4 nitrogen and oxygen atoms in total. The molecule has 1 heterocycles. The molecule has 0 aromatic heterocycles. The van der Waals surface area contributed by atoms with E-state index in [4.69, 9.17) is 0 Å². The average Bonchev–Trinajstić information content (AvgIpc) is 2.35. The Morgan fingerprint density at radius 1 is 1.44 bits per heavy atom. The molecule has 2 rings (SSSR count). The van der Waals surface area contributed by atoms with Crippen molar-refractivity contribution in [3.63, 3.8) is 0 Å². The second-order valence-electron chi connectivity index (χ2n) is 4.56. The number of hydrogen-bond donors (Lipinski definition) is 2. The van der Waals surface area contributed by atoms with Crippen LogP contribution in [0.2, 0.25) is 0 Å². The quantitative estimate of drug-likeness (QED) is 0.891. The van der Waals surface area contributed by atoms with Gasteiger partial charge in [0.1, 0.15) is 0 Å². The van der Waals surface area contributed by atoms with Gasteiger partial charge in [0.05, 0.1) is 12.2 Å². The maximum absolute atomic E-state index is 12.0. The summed E-state index contributed by atoms with van der Waals surface area (Å²) >= 11 is 3.45. The summed E-state index contributed by atoms with van der Waals surface area (Å²) < 4.78 is 0.918. The first-order valence-corrected chi connectivity index (χ1v) is 6.93. The highest BCUT2D eigenvalue weighted by Crippen LogP contribution is 2.23. The largest absolute Gasteiger partial charge is 0.324 e. The molecule has 0 bridgehead atoms. The maximum atomic E-state index is 12.0. The highest BCUT2D eigenvalue weighted by molar-refractivity contribution is 9.10. The van der Waals surface area contributed by atoms with E-state index in [2.05, 4.69) is 31.5 Å². The van der Waals surface area contributed by atoms with Gasteiger partial charge in [-0.25, -0.2) is 0 Å². The molecule has 0 spiro atoms. The Balaban J connectivity index is 1.92. The SMILES string of the molecule is Cc1ccc(Br)c(NC(=O)CN2CCNCC2)c1. The van der Waals surface area contributed by atoms with Crippen LogP contribution in [0.1, 0.15) is 5.56 Å². The highest BCUT2D eigenvalue weighted by atomic mass is 79.9. The molecule has 1 saturated heterocycles. The molecule has 1 aliphatic heterocycles. The van der Waals surface area contributed by atoms with Crippen molar-refractivity contribution in [3.05, 3.63) is 28.2 Å². The second kappa shape index (κ2) is 6.31. The molecule has 0 atom stereocenters. The summed E-state index contributed by atoms with van der Waals surface area (Å²) in [6.07, 6.45) is 0. The van der Waals surface area contributed by atoms with E-state index in [0.29, 0.717) is 6.54 Å². The van der Waals surface area contributed by atoms with Crippen molar-refractivity contribution in [2.24, 2.45) is 0 Å². The summed E-state index contributed by atoms with van der Waals surface area (Å²) in [5.41, 5.74) is 1.98. The third-order valence-corrected chi connectivity index (χ3v) is 3.66. The number of halogens is 1. The molecular formula is C13H18BrN3O. The maximum Gasteiger partial charge on any atom is 0.238 e.